The lowest BCUT2D eigenvalue weighted by Gasteiger charge is -2.17. The maximum atomic E-state index is 9.73. The molecular formula is C12H16Br2N2O. The van der Waals surface area contributed by atoms with Crippen LogP contribution in [0.15, 0.2) is 21.1 Å². The molecule has 0 aliphatic heterocycles. The molecule has 2 rings (SSSR count). The summed E-state index contributed by atoms with van der Waals surface area (Å²) in [5.41, 5.74) is 7.80. The van der Waals surface area contributed by atoms with E-state index in [4.69, 9.17) is 5.73 Å². The lowest BCUT2D eigenvalue weighted by Crippen LogP contribution is -2.35. The largest absolute Gasteiger partial charge is 0.398 e. The van der Waals surface area contributed by atoms with Crippen LogP contribution < -0.4 is 11.1 Å². The van der Waals surface area contributed by atoms with E-state index in [2.05, 4.69) is 37.2 Å². The average Bonchev–Trinajstić information content (AvgIpc) is 2.67. The zero-order chi connectivity index (χ0) is 12.4. The molecule has 0 radical (unpaired) electrons. The zero-order valence-corrected chi connectivity index (χ0v) is 12.6. The molecule has 17 heavy (non-hydrogen) atoms. The lowest BCUT2D eigenvalue weighted by molar-refractivity contribution is 0.148. The standard InChI is InChI=1S/C12H16Br2N2O/c13-8-4-7(12(15)9(14)5-8)6-16-10-2-1-3-11(10)17/h4-5,10-11,16-17H,1-3,6,15H2. The van der Waals surface area contributed by atoms with Crippen LogP contribution >= 0.6 is 31.9 Å². The van der Waals surface area contributed by atoms with E-state index in [9.17, 15) is 5.11 Å². The van der Waals surface area contributed by atoms with Gasteiger partial charge in [-0.1, -0.05) is 15.9 Å². The summed E-state index contributed by atoms with van der Waals surface area (Å²) in [5, 5.41) is 13.1. The number of hydrogen-bond donors (Lipinski definition) is 3. The van der Waals surface area contributed by atoms with Crippen LogP contribution in [-0.2, 0) is 6.54 Å². The van der Waals surface area contributed by atoms with Crippen molar-refractivity contribution in [3.8, 4) is 0 Å². The Morgan fingerprint density at radius 3 is 2.76 bits per heavy atom. The lowest BCUT2D eigenvalue weighted by atomic mass is 10.1. The summed E-state index contributed by atoms with van der Waals surface area (Å²) in [6.45, 7) is 0.686. The molecule has 94 valence electrons. The van der Waals surface area contributed by atoms with Gasteiger partial charge < -0.3 is 16.2 Å². The van der Waals surface area contributed by atoms with Gasteiger partial charge in [0.25, 0.3) is 0 Å². The predicted molar refractivity (Wildman–Crippen MR) is 76.7 cm³/mol. The highest BCUT2D eigenvalue weighted by Gasteiger charge is 2.24. The molecule has 1 saturated carbocycles. The normalized spacial score (nSPS) is 24.2. The van der Waals surface area contributed by atoms with Crippen molar-refractivity contribution in [3.05, 3.63) is 26.6 Å². The summed E-state index contributed by atoms with van der Waals surface area (Å²) < 4.78 is 1.90. The van der Waals surface area contributed by atoms with Gasteiger partial charge in [-0.25, -0.2) is 0 Å². The van der Waals surface area contributed by atoms with Gasteiger partial charge in [-0.05, 0) is 52.9 Å². The van der Waals surface area contributed by atoms with Crippen LogP contribution in [0.1, 0.15) is 24.8 Å². The molecular weight excluding hydrogens is 348 g/mol. The van der Waals surface area contributed by atoms with E-state index >= 15 is 0 Å². The van der Waals surface area contributed by atoms with E-state index < -0.39 is 0 Å². The Balaban J connectivity index is 2.03. The molecule has 3 nitrogen and oxygen atoms in total. The second-order valence-electron chi connectivity index (χ2n) is 4.45. The minimum absolute atomic E-state index is 0.201. The Labute approximate surface area is 118 Å². The number of halogens is 2. The van der Waals surface area contributed by atoms with Crippen molar-refractivity contribution in [2.24, 2.45) is 0 Å². The molecule has 0 heterocycles. The Hall–Kier alpha value is -0.100. The molecule has 0 saturated heterocycles. The smallest absolute Gasteiger partial charge is 0.0693 e. The summed E-state index contributed by atoms with van der Waals surface area (Å²) in [6, 6.07) is 4.14. The van der Waals surface area contributed by atoms with Crippen LogP contribution in [0.2, 0.25) is 0 Å². The number of benzene rings is 1. The van der Waals surface area contributed by atoms with Gasteiger partial charge in [0.2, 0.25) is 0 Å². The summed E-state index contributed by atoms with van der Waals surface area (Å²) in [6.07, 6.45) is 2.81. The molecule has 4 N–H and O–H groups in total. The minimum atomic E-state index is -0.216. The SMILES string of the molecule is Nc1c(Br)cc(Br)cc1CNC1CCCC1O. The molecule has 1 fully saturated rings. The average molecular weight is 364 g/mol. The van der Waals surface area contributed by atoms with Gasteiger partial charge in [-0.2, -0.15) is 0 Å². The Morgan fingerprint density at radius 2 is 2.12 bits per heavy atom. The van der Waals surface area contributed by atoms with Crippen LogP contribution in [0.25, 0.3) is 0 Å². The van der Waals surface area contributed by atoms with E-state index in [1.807, 2.05) is 12.1 Å². The van der Waals surface area contributed by atoms with Gasteiger partial charge in [0, 0.05) is 21.5 Å². The number of hydrogen-bond acceptors (Lipinski definition) is 3. The predicted octanol–water partition coefficient (Wildman–Crippen LogP) is 2.80. The third-order valence-corrected chi connectivity index (χ3v) is 4.33. The van der Waals surface area contributed by atoms with Crippen LogP contribution in [0, 0.1) is 0 Å². The van der Waals surface area contributed by atoms with Gasteiger partial charge in [-0.15, -0.1) is 0 Å². The van der Waals surface area contributed by atoms with Crippen molar-refractivity contribution < 1.29 is 5.11 Å². The monoisotopic (exact) mass is 362 g/mol. The first kappa shape index (κ1) is 13.3. The number of nitrogen functional groups attached to an aromatic ring is 1. The topological polar surface area (TPSA) is 58.3 Å². The van der Waals surface area contributed by atoms with Gasteiger partial charge in [-0.3, -0.25) is 0 Å². The Kier molecular flexibility index (Phi) is 4.47. The summed E-state index contributed by atoms with van der Waals surface area (Å²) in [7, 11) is 0. The third-order valence-electron chi connectivity index (χ3n) is 3.21. The molecule has 0 amide bonds. The Morgan fingerprint density at radius 1 is 1.35 bits per heavy atom. The number of nitrogens with two attached hydrogens (primary N) is 1. The van der Waals surface area contributed by atoms with E-state index in [-0.39, 0.29) is 12.1 Å². The van der Waals surface area contributed by atoms with E-state index in [0.717, 1.165) is 39.5 Å². The number of nitrogens with one attached hydrogen (secondary N) is 1. The van der Waals surface area contributed by atoms with Crippen molar-refractivity contribution in [3.63, 3.8) is 0 Å². The van der Waals surface area contributed by atoms with E-state index in [1.165, 1.54) is 0 Å². The van der Waals surface area contributed by atoms with Crippen molar-refractivity contribution >= 4 is 37.5 Å². The first-order valence-electron chi connectivity index (χ1n) is 5.73. The second kappa shape index (κ2) is 5.69. The molecule has 1 aromatic carbocycles. The third kappa shape index (κ3) is 3.22. The fraction of sp³-hybridized carbons (Fsp3) is 0.500. The summed E-state index contributed by atoms with van der Waals surface area (Å²) in [4.78, 5) is 0. The van der Waals surface area contributed by atoms with Crippen molar-refractivity contribution in [2.45, 2.75) is 38.0 Å². The number of rotatable bonds is 3. The molecule has 0 bridgehead atoms. The molecule has 0 spiro atoms. The van der Waals surface area contributed by atoms with Crippen LogP contribution in [-0.4, -0.2) is 17.3 Å². The molecule has 1 aromatic rings. The molecule has 5 heteroatoms. The van der Waals surface area contributed by atoms with Crippen LogP contribution in [0.5, 0.6) is 0 Å². The van der Waals surface area contributed by atoms with Gasteiger partial charge in [0.05, 0.1) is 11.8 Å². The van der Waals surface area contributed by atoms with Gasteiger partial charge in [0.1, 0.15) is 0 Å². The molecule has 1 aliphatic rings. The fourth-order valence-corrected chi connectivity index (χ4v) is 3.52. The maximum absolute atomic E-state index is 9.73. The molecule has 1 aliphatic carbocycles. The first-order chi connectivity index (χ1) is 8.08. The second-order valence-corrected chi connectivity index (χ2v) is 6.22. The highest BCUT2D eigenvalue weighted by molar-refractivity contribution is 9.11. The van der Waals surface area contributed by atoms with Crippen LogP contribution in [0.3, 0.4) is 0 Å². The summed E-state index contributed by atoms with van der Waals surface area (Å²) in [5.74, 6) is 0. The van der Waals surface area contributed by atoms with Crippen molar-refractivity contribution in [2.75, 3.05) is 5.73 Å². The first-order valence-corrected chi connectivity index (χ1v) is 7.31. The number of aliphatic hydroxyl groups excluding tert-OH is 1. The fourth-order valence-electron chi connectivity index (χ4n) is 2.20. The maximum Gasteiger partial charge on any atom is 0.0693 e. The number of anilines is 1. The highest BCUT2D eigenvalue weighted by Crippen LogP contribution is 2.28. The summed E-state index contributed by atoms with van der Waals surface area (Å²) >= 11 is 6.88. The molecule has 2 atom stereocenters. The number of aliphatic hydroxyl groups is 1. The quantitative estimate of drug-likeness (QED) is 0.723. The Bertz CT molecular complexity index is 412. The van der Waals surface area contributed by atoms with E-state index in [0.29, 0.717) is 6.54 Å². The van der Waals surface area contributed by atoms with Crippen molar-refractivity contribution in [1.29, 1.82) is 0 Å². The zero-order valence-electron chi connectivity index (χ0n) is 9.42. The van der Waals surface area contributed by atoms with E-state index in [1.54, 1.807) is 0 Å². The van der Waals surface area contributed by atoms with Crippen molar-refractivity contribution in [1.82, 2.24) is 5.32 Å². The minimum Gasteiger partial charge on any atom is -0.398 e. The molecule has 0 aromatic heterocycles. The van der Waals surface area contributed by atoms with Gasteiger partial charge in [0.15, 0.2) is 0 Å². The highest BCUT2D eigenvalue weighted by atomic mass is 79.9. The molecule has 2 unspecified atom stereocenters. The van der Waals surface area contributed by atoms with Gasteiger partial charge >= 0.3 is 0 Å². The van der Waals surface area contributed by atoms with Crippen LogP contribution in [0.4, 0.5) is 5.69 Å².